The molecule has 0 saturated carbocycles. The number of hydrogen-bond acceptors (Lipinski definition) is 6. The molecule has 130 valence electrons. The van der Waals surface area contributed by atoms with E-state index < -0.39 is 6.10 Å². The molecule has 2 unspecified atom stereocenters. The standard InChI is InChI=1S/C16H23N5O2S/c1-10-4-12(19-18-10)5-11-6-21(7-14(11)22)16(23)13-9-24-15(17-13)8-20(2)3/h4,9,11,14,22H,5-8H2,1-3H3,(H,18,19). The lowest BCUT2D eigenvalue weighted by atomic mass is 10.0. The second-order valence-corrected chi connectivity index (χ2v) is 7.59. The van der Waals surface area contributed by atoms with Crippen LogP contribution in [0.5, 0.6) is 0 Å². The molecule has 3 heterocycles. The number of aliphatic hydroxyl groups excluding tert-OH is 1. The molecule has 1 fully saturated rings. The SMILES string of the molecule is Cc1cc(CC2CN(C(=O)c3csc(CN(C)C)n3)CC2O)n[nH]1. The summed E-state index contributed by atoms with van der Waals surface area (Å²) in [4.78, 5) is 20.8. The summed E-state index contributed by atoms with van der Waals surface area (Å²) in [6.07, 6.45) is 0.143. The second-order valence-electron chi connectivity index (χ2n) is 6.65. The lowest BCUT2D eigenvalue weighted by Gasteiger charge is -2.14. The van der Waals surface area contributed by atoms with E-state index in [1.165, 1.54) is 11.3 Å². The molecule has 1 aliphatic heterocycles. The number of hydrogen-bond donors (Lipinski definition) is 2. The average Bonchev–Trinajstić information content (AvgIpc) is 3.21. The maximum absolute atomic E-state index is 12.6. The van der Waals surface area contributed by atoms with Gasteiger partial charge in [0.25, 0.3) is 5.91 Å². The molecule has 2 aromatic rings. The van der Waals surface area contributed by atoms with Crippen molar-refractivity contribution in [3.63, 3.8) is 0 Å². The number of thiazole rings is 1. The van der Waals surface area contributed by atoms with Crippen molar-refractivity contribution in [1.82, 2.24) is 25.0 Å². The van der Waals surface area contributed by atoms with Crippen molar-refractivity contribution < 1.29 is 9.90 Å². The first-order valence-electron chi connectivity index (χ1n) is 7.99. The second kappa shape index (κ2) is 7.00. The number of rotatable bonds is 5. The number of aromatic nitrogens is 3. The summed E-state index contributed by atoms with van der Waals surface area (Å²) in [5.41, 5.74) is 2.40. The molecule has 0 bridgehead atoms. The fourth-order valence-corrected chi connectivity index (χ4v) is 3.87. The van der Waals surface area contributed by atoms with Crippen LogP contribution in [0.15, 0.2) is 11.4 Å². The number of H-pyrrole nitrogens is 1. The number of aliphatic hydroxyl groups is 1. The topological polar surface area (TPSA) is 85.3 Å². The molecular formula is C16H23N5O2S. The summed E-state index contributed by atoms with van der Waals surface area (Å²) in [7, 11) is 3.95. The number of nitrogens with one attached hydrogen (secondary N) is 1. The van der Waals surface area contributed by atoms with Crippen molar-refractivity contribution in [3.05, 3.63) is 33.5 Å². The van der Waals surface area contributed by atoms with Crippen molar-refractivity contribution in [2.24, 2.45) is 5.92 Å². The highest BCUT2D eigenvalue weighted by atomic mass is 32.1. The predicted octanol–water partition coefficient (Wildman–Crippen LogP) is 0.912. The summed E-state index contributed by atoms with van der Waals surface area (Å²) in [5.74, 6) is -0.0902. The minimum absolute atomic E-state index is 0.0107. The molecule has 1 saturated heterocycles. The van der Waals surface area contributed by atoms with E-state index in [2.05, 4.69) is 15.2 Å². The number of aryl methyl sites for hydroxylation is 1. The number of aromatic amines is 1. The normalized spacial score (nSPS) is 21.0. The Labute approximate surface area is 145 Å². The van der Waals surface area contributed by atoms with Crippen molar-refractivity contribution in [2.75, 3.05) is 27.2 Å². The Morgan fingerprint density at radius 1 is 1.50 bits per heavy atom. The molecule has 24 heavy (non-hydrogen) atoms. The number of carbonyl (C=O) groups is 1. The molecule has 0 aromatic carbocycles. The van der Waals surface area contributed by atoms with Gasteiger partial charge in [-0.05, 0) is 33.5 Å². The highest BCUT2D eigenvalue weighted by Gasteiger charge is 2.35. The van der Waals surface area contributed by atoms with Gasteiger partial charge in [0.15, 0.2) is 0 Å². The van der Waals surface area contributed by atoms with Crippen molar-refractivity contribution in [1.29, 1.82) is 0 Å². The Morgan fingerprint density at radius 3 is 2.96 bits per heavy atom. The van der Waals surface area contributed by atoms with Crippen LogP contribution in [0.1, 0.15) is 26.9 Å². The molecule has 7 nitrogen and oxygen atoms in total. The number of nitrogens with zero attached hydrogens (tertiary/aromatic N) is 4. The first-order chi connectivity index (χ1) is 11.4. The first-order valence-corrected chi connectivity index (χ1v) is 8.87. The third-order valence-electron chi connectivity index (χ3n) is 4.15. The van der Waals surface area contributed by atoms with Gasteiger partial charge in [0.2, 0.25) is 0 Å². The van der Waals surface area contributed by atoms with Gasteiger partial charge in [-0.25, -0.2) is 4.98 Å². The van der Waals surface area contributed by atoms with E-state index in [-0.39, 0.29) is 11.8 Å². The molecule has 1 amide bonds. The summed E-state index contributed by atoms with van der Waals surface area (Å²) in [5, 5.41) is 20.1. The van der Waals surface area contributed by atoms with Crippen LogP contribution in [-0.2, 0) is 13.0 Å². The quantitative estimate of drug-likeness (QED) is 0.838. The van der Waals surface area contributed by atoms with Gasteiger partial charge in [0.05, 0.1) is 11.8 Å². The van der Waals surface area contributed by atoms with E-state index in [0.29, 0.717) is 25.2 Å². The van der Waals surface area contributed by atoms with E-state index in [1.807, 2.05) is 32.0 Å². The molecule has 0 spiro atoms. The van der Waals surface area contributed by atoms with Gasteiger partial charge < -0.3 is 14.9 Å². The molecule has 2 aromatic heterocycles. The fourth-order valence-electron chi connectivity index (χ4n) is 2.98. The van der Waals surface area contributed by atoms with Crippen LogP contribution in [0.4, 0.5) is 0 Å². The molecule has 3 rings (SSSR count). The van der Waals surface area contributed by atoms with Crippen molar-refractivity contribution >= 4 is 17.2 Å². The van der Waals surface area contributed by atoms with Crippen LogP contribution in [0, 0.1) is 12.8 Å². The van der Waals surface area contributed by atoms with E-state index in [4.69, 9.17) is 0 Å². The third-order valence-corrected chi connectivity index (χ3v) is 4.98. The van der Waals surface area contributed by atoms with Gasteiger partial charge in [-0.2, -0.15) is 5.10 Å². The van der Waals surface area contributed by atoms with Crippen molar-refractivity contribution in [3.8, 4) is 0 Å². The van der Waals surface area contributed by atoms with Crippen LogP contribution in [0.25, 0.3) is 0 Å². The largest absolute Gasteiger partial charge is 0.391 e. The van der Waals surface area contributed by atoms with Gasteiger partial charge in [-0.3, -0.25) is 9.89 Å². The Balaban J connectivity index is 1.63. The fraction of sp³-hybridized carbons (Fsp3) is 0.562. The molecule has 0 aliphatic carbocycles. The van der Waals surface area contributed by atoms with E-state index in [9.17, 15) is 9.90 Å². The summed E-state index contributed by atoms with van der Waals surface area (Å²) < 4.78 is 0. The summed E-state index contributed by atoms with van der Waals surface area (Å²) in [6, 6.07) is 1.98. The summed E-state index contributed by atoms with van der Waals surface area (Å²) in [6.45, 7) is 3.56. The Bertz CT molecular complexity index is 711. The number of likely N-dealkylation sites (tertiary alicyclic amines) is 1. The van der Waals surface area contributed by atoms with E-state index >= 15 is 0 Å². The van der Waals surface area contributed by atoms with Gasteiger partial charge in [-0.15, -0.1) is 11.3 Å². The minimum Gasteiger partial charge on any atom is -0.391 e. The first kappa shape index (κ1) is 17.1. The zero-order chi connectivity index (χ0) is 17.3. The van der Waals surface area contributed by atoms with Crippen LogP contribution in [-0.4, -0.2) is 69.3 Å². The molecule has 0 radical (unpaired) electrons. The number of amides is 1. The van der Waals surface area contributed by atoms with Crippen LogP contribution >= 0.6 is 11.3 Å². The van der Waals surface area contributed by atoms with Gasteiger partial charge >= 0.3 is 0 Å². The van der Waals surface area contributed by atoms with Crippen LogP contribution in [0.3, 0.4) is 0 Å². The van der Waals surface area contributed by atoms with Crippen molar-refractivity contribution in [2.45, 2.75) is 26.0 Å². The predicted molar refractivity (Wildman–Crippen MR) is 91.9 cm³/mol. The monoisotopic (exact) mass is 349 g/mol. The third kappa shape index (κ3) is 3.82. The smallest absolute Gasteiger partial charge is 0.273 e. The van der Waals surface area contributed by atoms with Gasteiger partial charge in [0.1, 0.15) is 10.7 Å². The summed E-state index contributed by atoms with van der Waals surface area (Å²) >= 11 is 1.50. The Hall–Kier alpha value is -1.77. The molecule has 2 atom stereocenters. The lowest BCUT2D eigenvalue weighted by Crippen LogP contribution is -2.30. The Morgan fingerprint density at radius 2 is 2.29 bits per heavy atom. The van der Waals surface area contributed by atoms with Gasteiger partial charge in [0, 0.05) is 36.6 Å². The highest BCUT2D eigenvalue weighted by Crippen LogP contribution is 2.23. The average molecular weight is 349 g/mol. The number of carbonyl (C=O) groups excluding carboxylic acids is 1. The van der Waals surface area contributed by atoms with Crippen LogP contribution in [0.2, 0.25) is 0 Å². The molecule has 2 N–H and O–H groups in total. The maximum atomic E-state index is 12.6. The van der Waals surface area contributed by atoms with E-state index in [1.54, 1.807) is 10.3 Å². The number of β-amino-alcohol motifs (C(OH)–C–C–N with tert-alkyl or cyclic N) is 1. The minimum atomic E-state index is -0.522. The maximum Gasteiger partial charge on any atom is 0.273 e. The lowest BCUT2D eigenvalue weighted by molar-refractivity contribution is 0.0759. The Kier molecular flexibility index (Phi) is 4.98. The van der Waals surface area contributed by atoms with Crippen LogP contribution < -0.4 is 0 Å². The zero-order valence-corrected chi connectivity index (χ0v) is 15.0. The molecule has 8 heteroatoms. The molecule has 1 aliphatic rings. The van der Waals surface area contributed by atoms with E-state index in [0.717, 1.165) is 22.9 Å². The van der Waals surface area contributed by atoms with Gasteiger partial charge in [-0.1, -0.05) is 0 Å². The zero-order valence-electron chi connectivity index (χ0n) is 14.2. The highest BCUT2D eigenvalue weighted by molar-refractivity contribution is 7.09. The molecular weight excluding hydrogens is 326 g/mol.